The number of benzene rings is 1. The first-order valence-electron chi connectivity index (χ1n) is 7.61. The van der Waals surface area contributed by atoms with E-state index in [0.717, 1.165) is 21.7 Å². The molecule has 0 bridgehead atoms. The van der Waals surface area contributed by atoms with Gasteiger partial charge in [-0.3, -0.25) is 9.78 Å². The molecule has 0 spiro atoms. The van der Waals surface area contributed by atoms with E-state index in [1.165, 1.54) is 0 Å². The van der Waals surface area contributed by atoms with Gasteiger partial charge in [0.15, 0.2) is 0 Å². The first-order valence-corrected chi connectivity index (χ1v) is 8.87. The lowest BCUT2D eigenvalue weighted by atomic mass is 10.0. The summed E-state index contributed by atoms with van der Waals surface area (Å²) >= 11 is 7.60. The van der Waals surface area contributed by atoms with Gasteiger partial charge in [-0.05, 0) is 47.7 Å². The highest BCUT2D eigenvalue weighted by molar-refractivity contribution is 7.10. The summed E-state index contributed by atoms with van der Waals surface area (Å²) < 4.78 is 0. The quantitative estimate of drug-likeness (QED) is 0.728. The fourth-order valence-electron chi connectivity index (χ4n) is 2.43. The van der Waals surface area contributed by atoms with Crippen molar-refractivity contribution >= 4 is 28.8 Å². The van der Waals surface area contributed by atoms with E-state index < -0.39 is 0 Å². The molecule has 0 aliphatic rings. The molecule has 5 heteroatoms. The van der Waals surface area contributed by atoms with Gasteiger partial charge in [-0.2, -0.15) is 0 Å². The van der Waals surface area contributed by atoms with Crippen molar-refractivity contribution < 1.29 is 4.79 Å². The zero-order valence-electron chi connectivity index (χ0n) is 13.2. The number of aryl methyl sites for hydroxylation is 1. The Morgan fingerprint density at radius 2 is 2.00 bits per heavy atom. The van der Waals surface area contributed by atoms with Gasteiger partial charge in [-0.15, -0.1) is 11.3 Å². The van der Waals surface area contributed by atoms with Crippen molar-refractivity contribution in [3.05, 3.63) is 86.8 Å². The predicted octanol–water partition coefficient (Wildman–Crippen LogP) is 4.55. The van der Waals surface area contributed by atoms with Crippen molar-refractivity contribution in [2.24, 2.45) is 0 Å². The molecule has 122 valence electrons. The Bertz CT molecular complexity index is 798. The molecule has 3 nitrogen and oxygen atoms in total. The van der Waals surface area contributed by atoms with Gasteiger partial charge in [0, 0.05) is 21.8 Å². The highest BCUT2D eigenvalue weighted by atomic mass is 35.5. The summed E-state index contributed by atoms with van der Waals surface area (Å²) in [6.45, 7) is 1.93. The van der Waals surface area contributed by atoms with E-state index in [2.05, 4.69) is 10.3 Å². The predicted molar refractivity (Wildman–Crippen MR) is 98.4 cm³/mol. The second-order valence-corrected chi connectivity index (χ2v) is 6.97. The second-order valence-electron chi connectivity index (χ2n) is 5.55. The minimum Gasteiger partial charge on any atom is -0.344 e. The first kappa shape index (κ1) is 16.7. The number of pyridine rings is 1. The van der Waals surface area contributed by atoms with Crippen molar-refractivity contribution in [2.75, 3.05) is 0 Å². The molecule has 2 heterocycles. The number of rotatable bonds is 5. The number of carbonyl (C=O) groups excluding carboxylic acids is 1. The first-order chi connectivity index (χ1) is 11.6. The number of nitrogens with one attached hydrogen (secondary N) is 1. The largest absolute Gasteiger partial charge is 0.344 e. The van der Waals surface area contributed by atoms with Gasteiger partial charge in [0.2, 0.25) is 5.91 Å². The highest BCUT2D eigenvalue weighted by Gasteiger charge is 2.18. The van der Waals surface area contributed by atoms with Crippen LogP contribution in [0.4, 0.5) is 0 Å². The molecule has 3 aromatic rings. The maximum atomic E-state index is 12.5. The molecule has 1 unspecified atom stereocenters. The number of amides is 1. The monoisotopic (exact) mass is 356 g/mol. The third-order valence-corrected chi connectivity index (χ3v) is 4.86. The van der Waals surface area contributed by atoms with Gasteiger partial charge < -0.3 is 5.32 Å². The third-order valence-electron chi connectivity index (χ3n) is 3.67. The Labute approximate surface area is 150 Å². The molecule has 1 amide bonds. The van der Waals surface area contributed by atoms with Crippen molar-refractivity contribution in [1.29, 1.82) is 0 Å². The molecule has 0 fully saturated rings. The molecule has 1 atom stereocenters. The van der Waals surface area contributed by atoms with Crippen LogP contribution in [0.3, 0.4) is 0 Å². The van der Waals surface area contributed by atoms with E-state index in [0.29, 0.717) is 11.4 Å². The van der Waals surface area contributed by atoms with E-state index in [1.54, 1.807) is 17.5 Å². The standard InChI is InChI=1S/C19H17ClN2OS/c1-13-4-5-14(12-21-13)11-18(23)22-19(17-3-2-10-24-17)15-6-8-16(20)9-7-15/h2-10,12,19H,11H2,1H3,(H,22,23). The lowest BCUT2D eigenvalue weighted by Gasteiger charge is -2.18. The number of thiophene rings is 1. The van der Waals surface area contributed by atoms with E-state index in [9.17, 15) is 4.79 Å². The van der Waals surface area contributed by atoms with Crippen molar-refractivity contribution in [3.63, 3.8) is 0 Å². The Balaban J connectivity index is 1.77. The Morgan fingerprint density at radius 1 is 1.21 bits per heavy atom. The minimum atomic E-state index is -0.173. The number of halogens is 1. The lowest BCUT2D eigenvalue weighted by molar-refractivity contribution is -0.120. The summed E-state index contributed by atoms with van der Waals surface area (Å²) in [6.07, 6.45) is 2.06. The fourth-order valence-corrected chi connectivity index (χ4v) is 3.36. The lowest BCUT2D eigenvalue weighted by Crippen LogP contribution is -2.30. The van der Waals surface area contributed by atoms with Gasteiger partial charge in [-0.1, -0.05) is 35.9 Å². The molecule has 1 N–H and O–H groups in total. The Kier molecular flexibility index (Phi) is 5.28. The molecular weight excluding hydrogens is 340 g/mol. The molecule has 1 aromatic carbocycles. The molecule has 0 aliphatic heterocycles. The molecule has 0 radical (unpaired) electrons. The second kappa shape index (κ2) is 7.60. The number of hydrogen-bond donors (Lipinski definition) is 1. The van der Waals surface area contributed by atoms with Crippen molar-refractivity contribution in [3.8, 4) is 0 Å². The Morgan fingerprint density at radius 3 is 2.62 bits per heavy atom. The molecule has 0 aliphatic carbocycles. The molecule has 3 rings (SSSR count). The molecule has 0 saturated heterocycles. The van der Waals surface area contributed by atoms with Crippen LogP contribution in [0, 0.1) is 6.92 Å². The molecule has 24 heavy (non-hydrogen) atoms. The molecular formula is C19H17ClN2OS. The van der Waals surface area contributed by atoms with Crippen LogP contribution >= 0.6 is 22.9 Å². The highest BCUT2D eigenvalue weighted by Crippen LogP contribution is 2.27. The van der Waals surface area contributed by atoms with Gasteiger partial charge in [0.25, 0.3) is 0 Å². The average Bonchev–Trinajstić information content (AvgIpc) is 3.10. The van der Waals surface area contributed by atoms with Crippen LogP contribution in [0.2, 0.25) is 5.02 Å². The summed E-state index contributed by atoms with van der Waals surface area (Å²) in [5, 5.41) is 5.81. The van der Waals surface area contributed by atoms with Crippen molar-refractivity contribution in [1.82, 2.24) is 10.3 Å². The van der Waals surface area contributed by atoms with Crippen LogP contribution in [-0.2, 0) is 11.2 Å². The maximum Gasteiger partial charge on any atom is 0.225 e. The van der Waals surface area contributed by atoms with Crippen molar-refractivity contribution in [2.45, 2.75) is 19.4 Å². The zero-order valence-corrected chi connectivity index (χ0v) is 14.8. The van der Waals surface area contributed by atoms with Crippen LogP contribution in [0.15, 0.2) is 60.1 Å². The smallest absolute Gasteiger partial charge is 0.225 e. The van der Waals surface area contributed by atoms with Crippen LogP contribution in [-0.4, -0.2) is 10.9 Å². The van der Waals surface area contributed by atoms with E-state index in [4.69, 9.17) is 11.6 Å². The molecule has 0 saturated carbocycles. The SMILES string of the molecule is Cc1ccc(CC(=O)NC(c2ccc(Cl)cc2)c2cccs2)cn1. The summed E-state index contributed by atoms with van der Waals surface area (Å²) in [7, 11) is 0. The number of carbonyl (C=O) groups is 1. The third kappa shape index (κ3) is 4.22. The summed E-state index contributed by atoms with van der Waals surface area (Å²) in [5.74, 6) is -0.0333. The van der Waals surface area contributed by atoms with Gasteiger partial charge in [-0.25, -0.2) is 0 Å². The normalized spacial score (nSPS) is 11.9. The number of aromatic nitrogens is 1. The van der Waals surface area contributed by atoms with Crippen LogP contribution in [0.25, 0.3) is 0 Å². The van der Waals surface area contributed by atoms with E-state index in [1.807, 2.05) is 60.8 Å². The molecule has 2 aromatic heterocycles. The van der Waals surface area contributed by atoms with Gasteiger partial charge in [0.1, 0.15) is 0 Å². The summed E-state index contributed by atoms with van der Waals surface area (Å²) in [5.41, 5.74) is 2.85. The number of hydrogen-bond acceptors (Lipinski definition) is 3. The average molecular weight is 357 g/mol. The van der Waals surface area contributed by atoms with Gasteiger partial charge >= 0.3 is 0 Å². The minimum absolute atomic E-state index is 0.0333. The number of nitrogens with zero attached hydrogens (tertiary/aromatic N) is 1. The topological polar surface area (TPSA) is 42.0 Å². The van der Waals surface area contributed by atoms with E-state index in [-0.39, 0.29) is 11.9 Å². The summed E-state index contributed by atoms with van der Waals surface area (Å²) in [4.78, 5) is 17.8. The maximum absolute atomic E-state index is 12.5. The fraction of sp³-hybridized carbons (Fsp3) is 0.158. The van der Waals surface area contributed by atoms with E-state index >= 15 is 0 Å². The van der Waals surface area contributed by atoms with Gasteiger partial charge in [0.05, 0.1) is 12.5 Å². The Hall–Kier alpha value is -2.17. The van der Waals surface area contributed by atoms with Crippen LogP contribution < -0.4 is 5.32 Å². The summed E-state index contributed by atoms with van der Waals surface area (Å²) in [6, 6.07) is 15.3. The van der Waals surface area contributed by atoms with Crippen LogP contribution in [0.5, 0.6) is 0 Å². The zero-order chi connectivity index (χ0) is 16.9. The van der Waals surface area contributed by atoms with Crippen LogP contribution in [0.1, 0.15) is 27.7 Å².